The number of imidazole rings is 1. The van der Waals surface area contributed by atoms with E-state index in [-0.39, 0.29) is 0 Å². The summed E-state index contributed by atoms with van der Waals surface area (Å²) < 4.78 is 2.08. The smallest absolute Gasteiger partial charge is 0.203 e. The van der Waals surface area contributed by atoms with Crippen LogP contribution in [0.15, 0.2) is 24.0 Å². The van der Waals surface area contributed by atoms with Crippen molar-refractivity contribution in [2.75, 3.05) is 11.9 Å². The Morgan fingerprint density at radius 1 is 1.62 bits per heavy atom. The maximum Gasteiger partial charge on any atom is 0.203 e. The van der Waals surface area contributed by atoms with Gasteiger partial charge in [-0.2, -0.15) is 0 Å². The van der Waals surface area contributed by atoms with E-state index in [4.69, 9.17) is 0 Å². The van der Waals surface area contributed by atoms with Crippen molar-refractivity contribution in [1.29, 1.82) is 0 Å². The van der Waals surface area contributed by atoms with Crippen molar-refractivity contribution in [2.24, 2.45) is 0 Å². The Balaban J connectivity index is 2.49. The van der Waals surface area contributed by atoms with Gasteiger partial charge in [0, 0.05) is 25.5 Å². The molecule has 0 bridgehead atoms. The molecular formula is C10H17N3. The normalized spacial score (nSPS) is 9.77. The Kier molecular flexibility index (Phi) is 3.55. The molecule has 0 unspecified atom stereocenters. The number of anilines is 1. The Hall–Kier alpha value is -1.25. The van der Waals surface area contributed by atoms with Gasteiger partial charge in [-0.15, -0.1) is 0 Å². The number of nitrogens with zero attached hydrogens (tertiary/aromatic N) is 2. The van der Waals surface area contributed by atoms with Crippen LogP contribution in [0.4, 0.5) is 5.95 Å². The van der Waals surface area contributed by atoms with E-state index in [1.54, 1.807) is 0 Å². The molecule has 0 saturated heterocycles. The number of aromatic nitrogens is 2. The molecule has 0 atom stereocenters. The summed E-state index contributed by atoms with van der Waals surface area (Å²) in [7, 11) is 0. The van der Waals surface area contributed by atoms with E-state index in [0.29, 0.717) is 0 Å². The fourth-order valence-electron chi connectivity index (χ4n) is 1.08. The summed E-state index contributed by atoms with van der Waals surface area (Å²) in [5.41, 5.74) is 1.32. The van der Waals surface area contributed by atoms with Crippen molar-refractivity contribution in [3.8, 4) is 0 Å². The lowest BCUT2D eigenvalue weighted by Crippen LogP contribution is -2.06. The van der Waals surface area contributed by atoms with Crippen LogP contribution in [0, 0.1) is 0 Å². The third kappa shape index (κ3) is 2.93. The second-order valence-corrected chi connectivity index (χ2v) is 3.20. The predicted octanol–water partition coefficient (Wildman–Crippen LogP) is 2.28. The average molecular weight is 179 g/mol. The fraction of sp³-hybridized carbons (Fsp3) is 0.500. The zero-order valence-corrected chi connectivity index (χ0v) is 8.54. The highest BCUT2D eigenvalue weighted by atomic mass is 15.2. The van der Waals surface area contributed by atoms with E-state index in [9.17, 15) is 0 Å². The van der Waals surface area contributed by atoms with Crippen molar-refractivity contribution >= 4 is 5.95 Å². The molecule has 0 amide bonds. The van der Waals surface area contributed by atoms with Gasteiger partial charge in [0.2, 0.25) is 5.95 Å². The van der Waals surface area contributed by atoms with Crippen molar-refractivity contribution in [1.82, 2.24) is 9.55 Å². The zero-order valence-electron chi connectivity index (χ0n) is 8.54. The summed E-state index contributed by atoms with van der Waals surface area (Å²) in [5, 5.41) is 3.25. The van der Waals surface area contributed by atoms with Crippen molar-refractivity contribution in [3.63, 3.8) is 0 Å². The minimum absolute atomic E-state index is 0.847. The summed E-state index contributed by atoms with van der Waals surface area (Å²) in [6.45, 7) is 8.09. The standard InChI is InChI=1S/C10H17N3/c1-4-13-8-7-12-10(13)11-6-5-9(2)3/h5,7-8H,4,6H2,1-3H3,(H,11,12). The molecule has 1 N–H and O–H groups in total. The van der Waals surface area contributed by atoms with Gasteiger partial charge in [0.1, 0.15) is 0 Å². The van der Waals surface area contributed by atoms with Gasteiger partial charge < -0.3 is 9.88 Å². The lowest BCUT2D eigenvalue weighted by Gasteiger charge is -2.05. The quantitative estimate of drug-likeness (QED) is 0.719. The molecule has 1 rings (SSSR count). The first-order valence-electron chi connectivity index (χ1n) is 4.62. The Morgan fingerprint density at radius 2 is 2.38 bits per heavy atom. The van der Waals surface area contributed by atoms with E-state index >= 15 is 0 Å². The molecule has 0 aliphatic heterocycles. The number of hydrogen-bond acceptors (Lipinski definition) is 2. The number of aryl methyl sites for hydroxylation is 1. The molecule has 0 radical (unpaired) electrons. The van der Waals surface area contributed by atoms with E-state index < -0.39 is 0 Å². The van der Waals surface area contributed by atoms with E-state index in [1.807, 2.05) is 12.4 Å². The van der Waals surface area contributed by atoms with E-state index in [1.165, 1.54) is 5.57 Å². The SMILES string of the molecule is CCn1ccnc1NCC=C(C)C. The minimum atomic E-state index is 0.847. The molecule has 72 valence electrons. The predicted molar refractivity (Wildman–Crippen MR) is 55.8 cm³/mol. The largest absolute Gasteiger partial charge is 0.352 e. The number of allylic oxidation sites excluding steroid dienone is 1. The number of rotatable bonds is 4. The molecule has 3 nitrogen and oxygen atoms in total. The van der Waals surface area contributed by atoms with Gasteiger partial charge in [-0.3, -0.25) is 0 Å². The first kappa shape index (κ1) is 9.84. The number of nitrogens with one attached hydrogen (secondary N) is 1. The molecule has 0 aromatic carbocycles. The Bertz CT molecular complexity index is 282. The first-order chi connectivity index (χ1) is 6.24. The second-order valence-electron chi connectivity index (χ2n) is 3.20. The lowest BCUT2D eigenvalue weighted by atomic mass is 10.3. The van der Waals surface area contributed by atoms with Crippen molar-refractivity contribution < 1.29 is 0 Å². The summed E-state index contributed by atoms with van der Waals surface area (Å²) >= 11 is 0. The first-order valence-corrected chi connectivity index (χ1v) is 4.62. The van der Waals surface area contributed by atoms with Gasteiger partial charge in [0.05, 0.1) is 0 Å². The lowest BCUT2D eigenvalue weighted by molar-refractivity contribution is 0.767. The van der Waals surface area contributed by atoms with Crippen LogP contribution < -0.4 is 5.32 Å². The van der Waals surface area contributed by atoms with Crippen LogP contribution >= 0.6 is 0 Å². The number of hydrogen-bond donors (Lipinski definition) is 1. The Morgan fingerprint density at radius 3 is 3.00 bits per heavy atom. The summed E-state index contributed by atoms with van der Waals surface area (Å²) in [4.78, 5) is 4.21. The average Bonchev–Trinajstić information content (AvgIpc) is 2.51. The van der Waals surface area contributed by atoms with Crippen LogP contribution in [-0.4, -0.2) is 16.1 Å². The molecule has 3 heteroatoms. The minimum Gasteiger partial charge on any atom is -0.352 e. The Labute approximate surface area is 79.5 Å². The molecule has 0 aliphatic rings. The van der Waals surface area contributed by atoms with Crippen LogP contribution in [0.2, 0.25) is 0 Å². The highest BCUT2D eigenvalue weighted by Crippen LogP contribution is 2.03. The summed E-state index contributed by atoms with van der Waals surface area (Å²) in [5.74, 6) is 0.944. The molecule has 0 saturated carbocycles. The molecule has 0 aliphatic carbocycles. The van der Waals surface area contributed by atoms with Gasteiger partial charge in [0.25, 0.3) is 0 Å². The van der Waals surface area contributed by atoms with E-state index in [0.717, 1.165) is 19.0 Å². The molecule has 1 aromatic heterocycles. The summed E-state index contributed by atoms with van der Waals surface area (Å²) in [6.07, 6.45) is 5.94. The van der Waals surface area contributed by atoms with Gasteiger partial charge in [-0.25, -0.2) is 4.98 Å². The molecule has 0 spiro atoms. The zero-order chi connectivity index (χ0) is 9.68. The maximum absolute atomic E-state index is 4.21. The maximum atomic E-state index is 4.21. The van der Waals surface area contributed by atoms with Crippen molar-refractivity contribution in [2.45, 2.75) is 27.3 Å². The monoisotopic (exact) mass is 179 g/mol. The third-order valence-electron chi connectivity index (χ3n) is 1.83. The van der Waals surface area contributed by atoms with Crippen LogP contribution in [0.5, 0.6) is 0 Å². The third-order valence-corrected chi connectivity index (χ3v) is 1.83. The van der Waals surface area contributed by atoms with Gasteiger partial charge in [-0.05, 0) is 20.8 Å². The molecule has 13 heavy (non-hydrogen) atoms. The van der Waals surface area contributed by atoms with Crippen LogP contribution in [0.1, 0.15) is 20.8 Å². The molecule has 1 heterocycles. The van der Waals surface area contributed by atoms with Crippen LogP contribution in [0.25, 0.3) is 0 Å². The highest BCUT2D eigenvalue weighted by molar-refractivity contribution is 5.27. The highest BCUT2D eigenvalue weighted by Gasteiger charge is 1.96. The van der Waals surface area contributed by atoms with Gasteiger partial charge >= 0.3 is 0 Å². The second kappa shape index (κ2) is 4.70. The molecular weight excluding hydrogens is 162 g/mol. The van der Waals surface area contributed by atoms with Crippen LogP contribution in [0.3, 0.4) is 0 Å². The van der Waals surface area contributed by atoms with Gasteiger partial charge in [0.15, 0.2) is 0 Å². The van der Waals surface area contributed by atoms with Crippen LogP contribution in [-0.2, 0) is 6.54 Å². The summed E-state index contributed by atoms with van der Waals surface area (Å²) in [6, 6.07) is 0. The topological polar surface area (TPSA) is 29.9 Å². The molecule has 1 aromatic rings. The molecule has 0 fully saturated rings. The van der Waals surface area contributed by atoms with Crippen molar-refractivity contribution in [3.05, 3.63) is 24.0 Å². The van der Waals surface area contributed by atoms with E-state index in [2.05, 4.69) is 41.7 Å². The van der Waals surface area contributed by atoms with Gasteiger partial charge in [-0.1, -0.05) is 11.6 Å². The fourth-order valence-corrected chi connectivity index (χ4v) is 1.08.